The normalized spacial score (nSPS) is 20.0. The van der Waals surface area contributed by atoms with Crippen LogP contribution < -0.4 is 4.74 Å². The highest BCUT2D eigenvalue weighted by atomic mass is 19.4. The molecule has 1 aliphatic heterocycles. The molecular weight excluding hydrogens is 395 g/mol. The third-order valence-electron chi connectivity index (χ3n) is 5.57. The second kappa shape index (κ2) is 9.51. The third kappa shape index (κ3) is 5.75. The number of esters is 1. The van der Waals surface area contributed by atoms with Crippen LogP contribution in [-0.2, 0) is 22.3 Å². The van der Waals surface area contributed by atoms with E-state index < -0.39 is 11.7 Å². The molecule has 1 heterocycles. The quantitative estimate of drug-likeness (QED) is 0.623. The van der Waals surface area contributed by atoms with Crippen molar-refractivity contribution in [3.8, 4) is 5.75 Å². The summed E-state index contributed by atoms with van der Waals surface area (Å²) in [6.45, 7) is 2.00. The number of likely N-dealkylation sites (tertiary alicyclic amines) is 1. The summed E-state index contributed by atoms with van der Waals surface area (Å²) in [5.74, 6) is 0.869. The van der Waals surface area contributed by atoms with Gasteiger partial charge in [0.25, 0.3) is 0 Å². The van der Waals surface area contributed by atoms with Crippen LogP contribution >= 0.6 is 0 Å². The van der Waals surface area contributed by atoms with E-state index in [9.17, 15) is 18.0 Å². The first-order valence-corrected chi connectivity index (χ1v) is 9.87. The van der Waals surface area contributed by atoms with E-state index in [4.69, 9.17) is 9.47 Å². The maximum absolute atomic E-state index is 12.8. The fraction of sp³-hybridized carbons (Fsp3) is 0.435. The molecule has 0 N–H and O–H groups in total. The number of methoxy groups -OCH3 is 2. The van der Waals surface area contributed by atoms with Gasteiger partial charge in [0.1, 0.15) is 5.75 Å². The molecule has 0 unspecified atom stereocenters. The monoisotopic (exact) mass is 421 g/mol. The molecule has 0 aliphatic carbocycles. The number of benzene rings is 2. The summed E-state index contributed by atoms with van der Waals surface area (Å²) >= 11 is 0. The topological polar surface area (TPSA) is 38.8 Å². The Hall–Kier alpha value is -2.54. The molecule has 1 saturated heterocycles. The van der Waals surface area contributed by atoms with E-state index in [1.54, 1.807) is 7.11 Å². The highest BCUT2D eigenvalue weighted by molar-refractivity contribution is 5.69. The van der Waals surface area contributed by atoms with Gasteiger partial charge in [0.05, 0.1) is 19.8 Å². The maximum Gasteiger partial charge on any atom is 0.416 e. The van der Waals surface area contributed by atoms with Crippen molar-refractivity contribution >= 4 is 5.97 Å². The molecule has 0 radical (unpaired) electrons. The number of piperidine rings is 1. The van der Waals surface area contributed by atoms with Gasteiger partial charge in [0.2, 0.25) is 0 Å². The number of carbonyl (C=O) groups excluding carboxylic acids is 1. The average Bonchev–Trinajstić information content (AvgIpc) is 2.73. The lowest BCUT2D eigenvalue weighted by Gasteiger charge is -2.38. The number of alkyl halides is 3. The lowest BCUT2D eigenvalue weighted by Crippen LogP contribution is -2.40. The number of halogens is 3. The van der Waals surface area contributed by atoms with Gasteiger partial charge in [-0.2, -0.15) is 13.2 Å². The molecule has 7 heteroatoms. The summed E-state index contributed by atoms with van der Waals surface area (Å²) < 4.78 is 48.5. The number of rotatable bonds is 6. The summed E-state index contributed by atoms with van der Waals surface area (Å²) in [4.78, 5) is 14.0. The lowest BCUT2D eigenvalue weighted by molar-refractivity contribution is -0.142. The fourth-order valence-corrected chi connectivity index (χ4v) is 4.07. The molecule has 2 aromatic carbocycles. The van der Waals surface area contributed by atoms with Gasteiger partial charge in [0, 0.05) is 26.1 Å². The molecule has 162 valence electrons. The number of ether oxygens (including phenoxy) is 2. The smallest absolute Gasteiger partial charge is 0.416 e. The van der Waals surface area contributed by atoms with Crippen LogP contribution in [0.15, 0.2) is 48.5 Å². The zero-order valence-electron chi connectivity index (χ0n) is 17.1. The zero-order valence-corrected chi connectivity index (χ0v) is 17.1. The predicted molar refractivity (Wildman–Crippen MR) is 107 cm³/mol. The van der Waals surface area contributed by atoms with Gasteiger partial charge in [-0.1, -0.05) is 24.3 Å². The summed E-state index contributed by atoms with van der Waals surface area (Å²) in [5.41, 5.74) is 1.32. The molecule has 30 heavy (non-hydrogen) atoms. The van der Waals surface area contributed by atoms with E-state index in [0.717, 1.165) is 42.0 Å². The van der Waals surface area contributed by atoms with Crippen molar-refractivity contribution in [1.82, 2.24) is 4.90 Å². The van der Waals surface area contributed by atoms with Gasteiger partial charge in [0.15, 0.2) is 0 Å². The lowest BCUT2D eigenvalue weighted by atomic mass is 9.83. The fourth-order valence-electron chi connectivity index (χ4n) is 4.07. The van der Waals surface area contributed by atoms with Crippen molar-refractivity contribution in [1.29, 1.82) is 0 Å². The minimum atomic E-state index is -4.34. The van der Waals surface area contributed by atoms with Crippen molar-refractivity contribution in [2.75, 3.05) is 27.3 Å². The van der Waals surface area contributed by atoms with E-state index in [0.29, 0.717) is 19.5 Å². The third-order valence-corrected chi connectivity index (χ3v) is 5.57. The maximum atomic E-state index is 12.8. The van der Waals surface area contributed by atoms with E-state index >= 15 is 0 Å². The molecule has 3 rings (SSSR count). The molecule has 0 spiro atoms. The second-order valence-corrected chi connectivity index (χ2v) is 7.74. The van der Waals surface area contributed by atoms with Crippen molar-refractivity contribution < 1.29 is 27.4 Å². The number of carbonyl (C=O) groups is 1. The van der Waals surface area contributed by atoms with Crippen LogP contribution in [0.5, 0.6) is 5.75 Å². The Bertz CT molecular complexity index is 834. The van der Waals surface area contributed by atoms with Crippen LogP contribution in [0.1, 0.15) is 35.4 Å². The molecule has 0 amide bonds. The van der Waals surface area contributed by atoms with Crippen LogP contribution in [0, 0.1) is 5.92 Å². The molecular formula is C23H26F3NO3. The number of hydrogen-bond donors (Lipinski definition) is 0. The van der Waals surface area contributed by atoms with E-state index in [1.165, 1.54) is 19.2 Å². The van der Waals surface area contributed by atoms with Gasteiger partial charge in [-0.3, -0.25) is 9.69 Å². The number of nitrogens with zero attached hydrogens (tertiary/aromatic N) is 1. The van der Waals surface area contributed by atoms with Gasteiger partial charge < -0.3 is 9.47 Å². The van der Waals surface area contributed by atoms with Crippen molar-refractivity contribution in [2.45, 2.75) is 31.5 Å². The van der Waals surface area contributed by atoms with Crippen molar-refractivity contribution in [3.05, 3.63) is 65.2 Å². The molecule has 2 aromatic rings. The van der Waals surface area contributed by atoms with E-state index in [1.807, 2.05) is 24.3 Å². The highest BCUT2D eigenvalue weighted by Gasteiger charge is 2.31. The SMILES string of the molecule is COC(=O)C[C@H]1C[C@H](c2ccc(OC)cc2)CN(Cc2ccc(C(F)(F)F)cc2)C1. The first kappa shape index (κ1) is 22.2. The van der Waals surface area contributed by atoms with Crippen LogP contribution in [0.4, 0.5) is 13.2 Å². The molecule has 1 fully saturated rings. The molecule has 2 atom stereocenters. The highest BCUT2D eigenvalue weighted by Crippen LogP contribution is 2.34. The van der Waals surface area contributed by atoms with Crippen LogP contribution in [0.3, 0.4) is 0 Å². The summed E-state index contributed by atoms with van der Waals surface area (Å²) in [6.07, 6.45) is -3.16. The Balaban J connectivity index is 1.75. The second-order valence-electron chi connectivity index (χ2n) is 7.74. The Morgan fingerprint density at radius 3 is 2.27 bits per heavy atom. The molecule has 1 aliphatic rings. The molecule has 0 bridgehead atoms. The largest absolute Gasteiger partial charge is 0.497 e. The van der Waals surface area contributed by atoms with Crippen LogP contribution in [0.2, 0.25) is 0 Å². The van der Waals surface area contributed by atoms with Gasteiger partial charge in [-0.25, -0.2) is 0 Å². The number of hydrogen-bond acceptors (Lipinski definition) is 4. The van der Waals surface area contributed by atoms with Gasteiger partial charge in [-0.05, 0) is 53.6 Å². The first-order valence-electron chi connectivity index (χ1n) is 9.87. The van der Waals surface area contributed by atoms with Gasteiger partial charge in [-0.15, -0.1) is 0 Å². The summed E-state index contributed by atoms with van der Waals surface area (Å²) in [5, 5.41) is 0. The van der Waals surface area contributed by atoms with E-state index in [2.05, 4.69) is 4.90 Å². The van der Waals surface area contributed by atoms with Crippen LogP contribution in [-0.4, -0.2) is 38.2 Å². The summed E-state index contributed by atoms with van der Waals surface area (Å²) in [6, 6.07) is 13.2. The molecule has 0 aromatic heterocycles. The Morgan fingerprint density at radius 1 is 1.03 bits per heavy atom. The Kier molecular flexibility index (Phi) is 7.02. The Morgan fingerprint density at radius 2 is 1.70 bits per heavy atom. The average molecular weight is 421 g/mol. The Labute approximate surface area is 174 Å². The van der Waals surface area contributed by atoms with Crippen molar-refractivity contribution in [2.24, 2.45) is 5.92 Å². The zero-order chi connectivity index (χ0) is 21.7. The summed E-state index contributed by atoms with van der Waals surface area (Å²) in [7, 11) is 3.00. The predicted octanol–water partition coefficient (Wildman–Crippen LogP) is 4.88. The minimum Gasteiger partial charge on any atom is -0.497 e. The standard InChI is InChI=1S/C23H26F3NO3/c1-29-21-9-5-18(6-10-21)19-11-17(12-22(28)30-2)14-27(15-19)13-16-3-7-20(8-4-16)23(24,25)26/h3-10,17,19H,11-15H2,1-2H3/t17-,19+/m1/s1. The first-order chi connectivity index (χ1) is 14.3. The van der Waals surface area contributed by atoms with E-state index in [-0.39, 0.29) is 17.8 Å². The molecule has 0 saturated carbocycles. The van der Waals surface area contributed by atoms with Crippen molar-refractivity contribution in [3.63, 3.8) is 0 Å². The van der Waals surface area contributed by atoms with Crippen LogP contribution in [0.25, 0.3) is 0 Å². The molecule has 4 nitrogen and oxygen atoms in total. The van der Waals surface area contributed by atoms with Gasteiger partial charge >= 0.3 is 12.1 Å². The minimum absolute atomic E-state index is 0.118.